The van der Waals surface area contributed by atoms with E-state index in [1.54, 1.807) is 6.07 Å². The first-order valence-electron chi connectivity index (χ1n) is 4.84. The van der Waals surface area contributed by atoms with Crippen LogP contribution in [0, 0.1) is 12.3 Å². The first kappa shape index (κ1) is 12.4. The third-order valence-corrected chi connectivity index (χ3v) is 2.89. The summed E-state index contributed by atoms with van der Waals surface area (Å²) >= 11 is 12.0. The topological polar surface area (TPSA) is 12.0 Å². The van der Waals surface area contributed by atoms with Crippen LogP contribution in [0.15, 0.2) is 18.2 Å². The Balaban J connectivity index is 2.93. The lowest BCUT2D eigenvalue weighted by molar-refractivity contribution is 0.626. The quantitative estimate of drug-likeness (QED) is 0.794. The van der Waals surface area contributed by atoms with E-state index in [4.69, 9.17) is 29.6 Å². The average molecular weight is 242 g/mol. The molecule has 15 heavy (non-hydrogen) atoms. The molecule has 80 valence electrons. The van der Waals surface area contributed by atoms with E-state index in [9.17, 15) is 0 Å². The standard InChI is InChI=1S/C12H13Cl2N/c1-3-8-15-11(4-2)9-6-5-7-10(13)12(9)14/h2,5-7,11,15H,3,8H2,1H3. The van der Waals surface area contributed by atoms with E-state index in [0.29, 0.717) is 10.0 Å². The van der Waals surface area contributed by atoms with E-state index in [1.165, 1.54) is 0 Å². The van der Waals surface area contributed by atoms with Crippen LogP contribution in [0.5, 0.6) is 0 Å². The first-order valence-corrected chi connectivity index (χ1v) is 5.59. The van der Waals surface area contributed by atoms with Crippen molar-refractivity contribution in [3.63, 3.8) is 0 Å². The molecule has 3 heteroatoms. The maximum absolute atomic E-state index is 6.08. The Kier molecular flexibility index (Phi) is 4.98. The number of rotatable bonds is 4. The van der Waals surface area contributed by atoms with E-state index < -0.39 is 0 Å². The van der Waals surface area contributed by atoms with Crippen molar-refractivity contribution >= 4 is 23.2 Å². The molecule has 0 radical (unpaired) electrons. The van der Waals surface area contributed by atoms with E-state index >= 15 is 0 Å². The maximum Gasteiger partial charge on any atom is 0.0958 e. The number of nitrogens with one attached hydrogen (secondary N) is 1. The molecule has 0 spiro atoms. The molecule has 0 saturated carbocycles. The molecule has 1 atom stereocenters. The van der Waals surface area contributed by atoms with E-state index in [2.05, 4.69) is 18.2 Å². The van der Waals surface area contributed by atoms with Crippen molar-refractivity contribution in [1.29, 1.82) is 0 Å². The van der Waals surface area contributed by atoms with Crippen molar-refractivity contribution in [2.45, 2.75) is 19.4 Å². The van der Waals surface area contributed by atoms with Crippen molar-refractivity contribution in [3.05, 3.63) is 33.8 Å². The normalized spacial score (nSPS) is 12.1. The number of terminal acetylenes is 1. The minimum Gasteiger partial charge on any atom is -0.300 e. The van der Waals surface area contributed by atoms with Crippen LogP contribution in [-0.2, 0) is 0 Å². The minimum absolute atomic E-state index is 0.170. The number of hydrogen-bond donors (Lipinski definition) is 1. The van der Waals surface area contributed by atoms with Crippen LogP contribution in [0.25, 0.3) is 0 Å². The van der Waals surface area contributed by atoms with Crippen molar-refractivity contribution in [2.24, 2.45) is 0 Å². The fourth-order valence-corrected chi connectivity index (χ4v) is 1.71. The Bertz CT molecular complexity index is 368. The number of halogens is 2. The highest BCUT2D eigenvalue weighted by Crippen LogP contribution is 2.29. The molecule has 0 heterocycles. The Hall–Kier alpha value is -0.680. The van der Waals surface area contributed by atoms with Gasteiger partial charge in [-0.2, -0.15) is 0 Å². The fourth-order valence-electron chi connectivity index (χ4n) is 1.29. The minimum atomic E-state index is -0.170. The molecule has 1 unspecified atom stereocenters. The van der Waals surface area contributed by atoms with Crippen LogP contribution >= 0.6 is 23.2 Å². The summed E-state index contributed by atoms with van der Waals surface area (Å²) in [6.45, 7) is 2.94. The van der Waals surface area contributed by atoms with E-state index in [1.807, 2.05) is 12.1 Å². The van der Waals surface area contributed by atoms with Gasteiger partial charge in [-0.15, -0.1) is 6.42 Å². The summed E-state index contributed by atoms with van der Waals surface area (Å²) in [4.78, 5) is 0. The van der Waals surface area contributed by atoms with Crippen LogP contribution in [0.3, 0.4) is 0 Å². The van der Waals surface area contributed by atoms with Crippen molar-refractivity contribution in [2.75, 3.05) is 6.54 Å². The lowest BCUT2D eigenvalue weighted by Crippen LogP contribution is -2.20. The molecule has 0 aromatic heterocycles. The number of hydrogen-bond acceptors (Lipinski definition) is 1. The molecule has 0 aliphatic heterocycles. The fraction of sp³-hybridized carbons (Fsp3) is 0.333. The van der Waals surface area contributed by atoms with Gasteiger partial charge in [-0.3, -0.25) is 5.32 Å². The Morgan fingerprint density at radius 2 is 2.20 bits per heavy atom. The molecule has 1 nitrogen and oxygen atoms in total. The Morgan fingerprint density at radius 1 is 1.47 bits per heavy atom. The molecule has 1 aromatic carbocycles. The zero-order valence-electron chi connectivity index (χ0n) is 8.56. The molecule has 0 aliphatic carbocycles. The molecule has 0 fully saturated rings. The second-order valence-electron chi connectivity index (χ2n) is 3.20. The van der Waals surface area contributed by atoms with Gasteiger partial charge in [-0.1, -0.05) is 48.2 Å². The second-order valence-corrected chi connectivity index (χ2v) is 3.98. The van der Waals surface area contributed by atoms with Crippen molar-refractivity contribution in [1.82, 2.24) is 5.32 Å². The summed E-state index contributed by atoms with van der Waals surface area (Å²) in [6.07, 6.45) is 6.47. The summed E-state index contributed by atoms with van der Waals surface area (Å²) in [6, 6.07) is 5.32. The van der Waals surface area contributed by atoms with Gasteiger partial charge in [0.2, 0.25) is 0 Å². The van der Waals surface area contributed by atoms with Crippen LogP contribution in [0.4, 0.5) is 0 Å². The summed E-state index contributed by atoms with van der Waals surface area (Å²) in [5.41, 5.74) is 0.861. The van der Waals surface area contributed by atoms with Gasteiger partial charge in [-0.25, -0.2) is 0 Å². The monoisotopic (exact) mass is 241 g/mol. The van der Waals surface area contributed by atoms with Gasteiger partial charge < -0.3 is 0 Å². The van der Waals surface area contributed by atoms with Gasteiger partial charge in [0.25, 0.3) is 0 Å². The third kappa shape index (κ3) is 3.14. The van der Waals surface area contributed by atoms with Gasteiger partial charge in [0, 0.05) is 5.56 Å². The van der Waals surface area contributed by atoms with Gasteiger partial charge in [0.1, 0.15) is 0 Å². The van der Waals surface area contributed by atoms with E-state index in [-0.39, 0.29) is 6.04 Å². The molecule has 1 N–H and O–H groups in total. The molecular formula is C12H13Cl2N. The maximum atomic E-state index is 6.08. The van der Waals surface area contributed by atoms with Gasteiger partial charge in [-0.05, 0) is 19.0 Å². The summed E-state index contributed by atoms with van der Waals surface area (Å²) < 4.78 is 0. The Labute approximate surface area is 101 Å². The highest BCUT2D eigenvalue weighted by atomic mass is 35.5. The molecule has 0 amide bonds. The van der Waals surface area contributed by atoms with E-state index in [0.717, 1.165) is 18.5 Å². The molecule has 0 aliphatic rings. The Morgan fingerprint density at radius 3 is 2.80 bits per heavy atom. The second kappa shape index (κ2) is 6.02. The average Bonchev–Trinajstić information content (AvgIpc) is 2.25. The lowest BCUT2D eigenvalue weighted by atomic mass is 10.1. The molecule has 1 aromatic rings. The highest BCUT2D eigenvalue weighted by Gasteiger charge is 2.12. The molecular weight excluding hydrogens is 229 g/mol. The third-order valence-electron chi connectivity index (χ3n) is 2.06. The van der Waals surface area contributed by atoms with Crippen LogP contribution < -0.4 is 5.32 Å². The zero-order chi connectivity index (χ0) is 11.3. The SMILES string of the molecule is C#CC(NCCC)c1cccc(Cl)c1Cl. The smallest absolute Gasteiger partial charge is 0.0958 e. The van der Waals surface area contributed by atoms with Crippen molar-refractivity contribution in [3.8, 4) is 12.3 Å². The zero-order valence-corrected chi connectivity index (χ0v) is 10.1. The van der Waals surface area contributed by atoms with Crippen LogP contribution in [0.2, 0.25) is 10.0 Å². The van der Waals surface area contributed by atoms with Gasteiger partial charge >= 0.3 is 0 Å². The number of benzene rings is 1. The molecule has 1 rings (SSSR count). The molecule has 0 bridgehead atoms. The van der Waals surface area contributed by atoms with Gasteiger partial charge in [0.05, 0.1) is 16.1 Å². The molecule has 0 saturated heterocycles. The van der Waals surface area contributed by atoms with Crippen LogP contribution in [-0.4, -0.2) is 6.54 Å². The van der Waals surface area contributed by atoms with Gasteiger partial charge in [0.15, 0.2) is 0 Å². The summed E-state index contributed by atoms with van der Waals surface area (Å²) in [5.74, 6) is 2.67. The predicted molar refractivity (Wildman–Crippen MR) is 66.3 cm³/mol. The van der Waals surface area contributed by atoms with Crippen LogP contribution in [0.1, 0.15) is 24.9 Å². The first-order chi connectivity index (χ1) is 7.20. The summed E-state index contributed by atoms with van der Waals surface area (Å²) in [7, 11) is 0. The highest BCUT2D eigenvalue weighted by molar-refractivity contribution is 6.42. The van der Waals surface area contributed by atoms with Crippen molar-refractivity contribution < 1.29 is 0 Å². The summed E-state index contributed by atoms with van der Waals surface area (Å²) in [5, 5.41) is 4.29. The largest absolute Gasteiger partial charge is 0.300 e. The predicted octanol–water partition coefficient (Wildman–Crippen LogP) is 3.67. The lowest BCUT2D eigenvalue weighted by Gasteiger charge is -2.14.